The normalized spacial score (nSPS) is 11.8. The summed E-state index contributed by atoms with van der Waals surface area (Å²) < 4.78 is 0. The van der Waals surface area contributed by atoms with Crippen molar-refractivity contribution in [3.63, 3.8) is 0 Å². The number of aryl methyl sites for hydroxylation is 1. The molecule has 15 heavy (non-hydrogen) atoms. The third-order valence-corrected chi connectivity index (χ3v) is 3.24. The Bertz CT molecular complexity index is 360. The van der Waals surface area contributed by atoms with E-state index < -0.39 is 0 Å². The Balaban J connectivity index is 2.84. The summed E-state index contributed by atoms with van der Waals surface area (Å²) in [5, 5.41) is 3.22. The molecule has 1 nitrogen and oxygen atoms in total. The van der Waals surface area contributed by atoms with Gasteiger partial charge in [0.1, 0.15) is 5.00 Å². The smallest absolute Gasteiger partial charge is 0.119 e. The Hall–Kier alpha value is -0.890. The van der Waals surface area contributed by atoms with Crippen molar-refractivity contribution in [2.24, 2.45) is 4.99 Å². The summed E-state index contributed by atoms with van der Waals surface area (Å²) in [4.78, 5) is 4.69. The fraction of sp³-hybridized carbons (Fsp3) is 0.462. The molecule has 82 valence electrons. The first-order valence-corrected chi connectivity index (χ1v) is 6.30. The average molecular weight is 221 g/mol. The van der Waals surface area contributed by atoms with Crippen LogP contribution in [0.1, 0.15) is 38.7 Å². The first-order valence-electron chi connectivity index (χ1n) is 5.42. The molecule has 0 bridgehead atoms. The van der Waals surface area contributed by atoms with Crippen LogP contribution in [0.25, 0.3) is 0 Å². The van der Waals surface area contributed by atoms with Crippen molar-refractivity contribution in [3.05, 3.63) is 29.2 Å². The van der Waals surface area contributed by atoms with Gasteiger partial charge in [-0.25, -0.2) is 4.99 Å². The molecular weight excluding hydrogens is 202 g/mol. The maximum atomic E-state index is 4.69. The van der Waals surface area contributed by atoms with Crippen LogP contribution in [0.2, 0.25) is 0 Å². The van der Waals surface area contributed by atoms with Gasteiger partial charge in [-0.1, -0.05) is 19.9 Å². The van der Waals surface area contributed by atoms with Gasteiger partial charge in [-0.2, -0.15) is 0 Å². The number of thiophene rings is 1. The minimum Gasteiger partial charge on any atom is -0.242 e. The van der Waals surface area contributed by atoms with Gasteiger partial charge in [0.2, 0.25) is 0 Å². The highest BCUT2D eigenvalue weighted by atomic mass is 32.1. The maximum Gasteiger partial charge on any atom is 0.119 e. The van der Waals surface area contributed by atoms with Gasteiger partial charge >= 0.3 is 0 Å². The first kappa shape index (κ1) is 12.2. The van der Waals surface area contributed by atoms with E-state index in [1.165, 1.54) is 18.4 Å². The molecule has 0 N–H and O–H groups in total. The summed E-state index contributed by atoms with van der Waals surface area (Å²) in [6, 6.07) is 2.11. The Morgan fingerprint density at radius 1 is 1.53 bits per heavy atom. The van der Waals surface area contributed by atoms with Gasteiger partial charge in [0.15, 0.2) is 0 Å². The summed E-state index contributed by atoms with van der Waals surface area (Å²) in [5.74, 6) is 0. The molecule has 0 amide bonds. The average Bonchev–Trinajstić information content (AvgIpc) is 2.58. The van der Waals surface area contributed by atoms with Crippen LogP contribution < -0.4 is 0 Å². The van der Waals surface area contributed by atoms with Crippen molar-refractivity contribution >= 4 is 22.0 Å². The SMILES string of the molecule is C=C(C)/C(CCCC)=N\c1sccc1C. The lowest BCUT2D eigenvalue weighted by atomic mass is 10.1. The summed E-state index contributed by atoms with van der Waals surface area (Å²) in [7, 11) is 0. The summed E-state index contributed by atoms with van der Waals surface area (Å²) in [5.41, 5.74) is 3.51. The number of allylic oxidation sites excluding steroid dienone is 1. The highest BCUT2D eigenvalue weighted by Crippen LogP contribution is 2.26. The van der Waals surface area contributed by atoms with E-state index in [2.05, 4.69) is 31.9 Å². The zero-order valence-corrected chi connectivity index (χ0v) is 10.7. The minimum absolute atomic E-state index is 1.04. The Kier molecular flexibility index (Phi) is 4.76. The molecule has 1 aromatic heterocycles. The van der Waals surface area contributed by atoms with Gasteiger partial charge in [-0.15, -0.1) is 11.3 Å². The molecule has 0 spiro atoms. The number of nitrogens with zero attached hydrogens (tertiary/aromatic N) is 1. The van der Waals surface area contributed by atoms with Crippen LogP contribution in [-0.4, -0.2) is 5.71 Å². The van der Waals surface area contributed by atoms with Gasteiger partial charge in [0, 0.05) is 5.71 Å². The highest BCUT2D eigenvalue weighted by molar-refractivity contribution is 7.14. The van der Waals surface area contributed by atoms with Crippen LogP contribution in [0, 0.1) is 6.92 Å². The predicted octanol–water partition coefficient (Wildman–Crippen LogP) is 4.90. The fourth-order valence-electron chi connectivity index (χ4n) is 1.31. The first-order chi connectivity index (χ1) is 7.15. The Morgan fingerprint density at radius 3 is 2.73 bits per heavy atom. The van der Waals surface area contributed by atoms with Crippen LogP contribution in [0.3, 0.4) is 0 Å². The number of unbranched alkanes of at least 4 members (excludes halogenated alkanes) is 1. The molecule has 0 aliphatic heterocycles. The molecule has 1 aromatic rings. The number of hydrogen-bond acceptors (Lipinski definition) is 2. The lowest BCUT2D eigenvalue weighted by Crippen LogP contribution is -1.98. The second-order valence-corrected chi connectivity index (χ2v) is 4.75. The summed E-state index contributed by atoms with van der Waals surface area (Å²) in [6.45, 7) is 10.3. The van der Waals surface area contributed by atoms with Gasteiger partial charge in [-0.3, -0.25) is 0 Å². The van der Waals surface area contributed by atoms with Crippen molar-refractivity contribution in [1.82, 2.24) is 0 Å². The Morgan fingerprint density at radius 2 is 2.27 bits per heavy atom. The summed E-state index contributed by atoms with van der Waals surface area (Å²) >= 11 is 1.70. The van der Waals surface area contributed by atoms with E-state index in [1.54, 1.807) is 11.3 Å². The summed E-state index contributed by atoms with van der Waals surface area (Å²) in [6.07, 6.45) is 3.44. The topological polar surface area (TPSA) is 12.4 Å². The van der Waals surface area contributed by atoms with Crippen LogP contribution in [0.5, 0.6) is 0 Å². The molecular formula is C13H19NS. The molecule has 0 unspecified atom stereocenters. The maximum absolute atomic E-state index is 4.69. The monoisotopic (exact) mass is 221 g/mol. The molecule has 0 aliphatic rings. The number of aliphatic imine (C=N–C) groups is 1. The Labute approximate surface area is 96.6 Å². The number of hydrogen-bond donors (Lipinski definition) is 0. The molecule has 0 aromatic carbocycles. The van der Waals surface area contributed by atoms with Crippen LogP contribution in [-0.2, 0) is 0 Å². The molecule has 1 heterocycles. The van der Waals surface area contributed by atoms with Gasteiger partial charge in [-0.05, 0) is 49.3 Å². The lowest BCUT2D eigenvalue weighted by Gasteiger charge is -2.04. The van der Waals surface area contributed by atoms with Gasteiger partial charge in [0.05, 0.1) is 0 Å². The zero-order valence-electron chi connectivity index (χ0n) is 9.84. The van der Waals surface area contributed by atoms with Gasteiger partial charge < -0.3 is 0 Å². The molecule has 0 saturated carbocycles. The quantitative estimate of drug-likeness (QED) is 0.627. The van der Waals surface area contributed by atoms with E-state index >= 15 is 0 Å². The predicted molar refractivity (Wildman–Crippen MR) is 70.5 cm³/mol. The molecule has 0 fully saturated rings. The van der Waals surface area contributed by atoms with Crippen molar-refractivity contribution in [2.75, 3.05) is 0 Å². The zero-order chi connectivity index (χ0) is 11.3. The van der Waals surface area contributed by atoms with E-state index in [0.29, 0.717) is 0 Å². The largest absolute Gasteiger partial charge is 0.242 e. The van der Waals surface area contributed by atoms with Crippen LogP contribution in [0.15, 0.2) is 28.6 Å². The van der Waals surface area contributed by atoms with E-state index in [-0.39, 0.29) is 0 Å². The fourth-order valence-corrected chi connectivity index (χ4v) is 2.13. The van der Waals surface area contributed by atoms with Gasteiger partial charge in [0.25, 0.3) is 0 Å². The molecule has 0 atom stereocenters. The van der Waals surface area contributed by atoms with E-state index in [0.717, 1.165) is 22.7 Å². The van der Waals surface area contributed by atoms with Crippen molar-refractivity contribution in [3.8, 4) is 0 Å². The van der Waals surface area contributed by atoms with Crippen molar-refractivity contribution in [2.45, 2.75) is 40.0 Å². The third-order valence-electron chi connectivity index (χ3n) is 2.33. The number of rotatable bonds is 5. The van der Waals surface area contributed by atoms with Crippen LogP contribution in [0.4, 0.5) is 5.00 Å². The minimum atomic E-state index is 1.04. The third kappa shape index (κ3) is 3.63. The molecule has 0 radical (unpaired) electrons. The van der Waals surface area contributed by atoms with Crippen molar-refractivity contribution in [1.29, 1.82) is 0 Å². The molecule has 0 aliphatic carbocycles. The molecule has 1 rings (SSSR count). The molecule has 2 heteroatoms. The highest BCUT2D eigenvalue weighted by Gasteiger charge is 2.03. The second kappa shape index (κ2) is 5.86. The van der Waals surface area contributed by atoms with Crippen LogP contribution >= 0.6 is 11.3 Å². The molecule has 0 saturated heterocycles. The van der Waals surface area contributed by atoms with E-state index in [9.17, 15) is 0 Å². The van der Waals surface area contributed by atoms with Crippen molar-refractivity contribution < 1.29 is 0 Å². The van der Waals surface area contributed by atoms with E-state index in [4.69, 9.17) is 4.99 Å². The second-order valence-electron chi connectivity index (χ2n) is 3.85. The lowest BCUT2D eigenvalue weighted by molar-refractivity contribution is 0.834. The van der Waals surface area contributed by atoms with E-state index in [1.807, 2.05) is 6.92 Å². The standard InChI is InChI=1S/C13H19NS/c1-5-6-7-12(10(2)3)14-13-11(4)8-9-15-13/h8-9H,2,5-7H2,1,3-4H3/b14-12-.